The van der Waals surface area contributed by atoms with Gasteiger partial charge in [0.2, 0.25) is 0 Å². The highest BCUT2D eigenvalue weighted by Crippen LogP contribution is 1.53. The molecule has 0 spiro atoms. The van der Waals surface area contributed by atoms with Crippen LogP contribution in [0.15, 0.2) is 12.3 Å². The van der Waals surface area contributed by atoms with Gasteiger partial charge in [-0.15, -0.1) is 0 Å². The van der Waals surface area contributed by atoms with Gasteiger partial charge >= 0.3 is 0 Å². The molecule has 0 aliphatic carbocycles. The summed E-state index contributed by atoms with van der Waals surface area (Å²) in [4.78, 5) is 0. The highest BCUT2D eigenvalue weighted by atomic mass is 16.2. The minimum atomic E-state index is 0.694. The largest absolute Gasteiger partial charge is 0.515 e. The summed E-state index contributed by atoms with van der Waals surface area (Å²) in [6.07, 6.45) is 1.68. The normalized spacial score (nSPS) is 7.80. The topological polar surface area (TPSA) is 44.0 Å². The van der Waals surface area contributed by atoms with E-state index in [9.17, 15) is 0 Å². The molecule has 0 rings (SSSR count). The lowest BCUT2D eigenvalue weighted by Gasteiger charge is -1.51. The second-order valence-electron chi connectivity index (χ2n) is 0.445. The molecule has 0 aromatic carbocycles. The van der Waals surface area contributed by atoms with Crippen molar-refractivity contribution in [1.29, 1.82) is 5.26 Å². The lowest BCUT2D eigenvalue weighted by molar-refractivity contribution is 0.474. The van der Waals surface area contributed by atoms with Gasteiger partial charge in [0.15, 0.2) is 0 Å². The standard InChI is InChI=1S/C3H3NO/c4-2-1-3-5/h1,3,5H/b3-1+. The maximum atomic E-state index is 7.66. The molecule has 0 aromatic rings. The van der Waals surface area contributed by atoms with Gasteiger partial charge in [-0.05, 0) is 0 Å². The number of aliphatic hydroxyl groups is 1. The average Bonchev–Trinajstić information content (AvgIpc) is 1.41. The van der Waals surface area contributed by atoms with Crippen molar-refractivity contribution in [3.63, 3.8) is 0 Å². The zero-order valence-corrected chi connectivity index (χ0v) is 2.55. The molecule has 0 atom stereocenters. The van der Waals surface area contributed by atoms with Crippen LogP contribution in [0.1, 0.15) is 0 Å². The Morgan fingerprint density at radius 3 is 2.40 bits per heavy atom. The Balaban J connectivity index is 3.04. The van der Waals surface area contributed by atoms with E-state index >= 15 is 0 Å². The van der Waals surface area contributed by atoms with E-state index in [2.05, 4.69) is 0 Å². The SMILES string of the molecule is N#C/C=C/O. The number of rotatable bonds is 0. The van der Waals surface area contributed by atoms with Crippen molar-refractivity contribution in [3.8, 4) is 6.07 Å². The van der Waals surface area contributed by atoms with E-state index in [1.807, 2.05) is 0 Å². The third-order valence-electron chi connectivity index (χ3n) is 0.149. The zero-order valence-electron chi connectivity index (χ0n) is 2.55. The van der Waals surface area contributed by atoms with Gasteiger partial charge in [0, 0.05) is 0 Å². The number of nitrogens with zero attached hydrogens (tertiary/aromatic N) is 1. The molecule has 5 heavy (non-hydrogen) atoms. The fourth-order valence-corrected chi connectivity index (χ4v) is 0.0333. The number of aliphatic hydroxyl groups excluding tert-OH is 1. The van der Waals surface area contributed by atoms with E-state index in [4.69, 9.17) is 10.4 Å². The predicted molar refractivity (Wildman–Crippen MR) is 17.4 cm³/mol. The minimum absolute atomic E-state index is 0.694. The fourth-order valence-electron chi connectivity index (χ4n) is 0.0333. The Bertz CT molecular complexity index is 69.5. The molecule has 0 aromatic heterocycles. The van der Waals surface area contributed by atoms with Gasteiger partial charge in [0.05, 0.1) is 18.4 Å². The smallest absolute Gasteiger partial charge is 0.0944 e. The summed E-state index contributed by atoms with van der Waals surface area (Å²) < 4.78 is 0. The molecule has 0 saturated heterocycles. The molecule has 0 radical (unpaired) electrons. The van der Waals surface area contributed by atoms with E-state index < -0.39 is 0 Å². The van der Waals surface area contributed by atoms with E-state index in [1.54, 1.807) is 6.07 Å². The van der Waals surface area contributed by atoms with Crippen molar-refractivity contribution in [3.05, 3.63) is 12.3 Å². The molecule has 2 heteroatoms. The van der Waals surface area contributed by atoms with E-state index in [0.29, 0.717) is 6.26 Å². The Morgan fingerprint density at radius 2 is 2.40 bits per heavy atom. The second-order valence-corrected chi connectivity index (χ2v) is 0.445. The molecule has 0 aliphatic rings. The summed E-state index contributed by atoms with van der Waals surface area (Å²) in [7, 11) is 0. The van der Waals surface area contributed by atoms with E-state index in [1.165, 1.54) is 0 Å². The first-order chi connectivity index (χ1) is 2.41. The van der Waals surface area contributed by atoms with Crippen molar-refractivity contribution in [1.82, 2.24) is 0 Å². The highest BCUT2D eigenvalue weighted by Gasteiger charge is 1.47. The van der Waals surface area contributed by atoms with Crippen LogP contribution in [0.5, 0.6) is 0 Å². The lowest BCUT2D eigenvalue weighted by atomic mass is 10.7. The van der Waals surface area contributed by atoms with Gasteiger partial charge in [0.1, 0.15) is 0 Å². The van der Waals surface area contributed by atoms with E-state index in [0.717, 1.165) is 6.08 Å². The van der Waals surface area contributed by atoms with Crippen LogP contribution in [-0.2, 0) is 0 Å². The van der Waals surface area contributed by atoms with Crippen LogP contribution in [0.4, 0.5) is 0 Å². The van der Waals surface area contributed by atoms with Gasteiger partial charge in [-0.2, -0.15) is 5.26 Å². The minimum Gasteiger partial charge on any atom is -0.515 e. The maximum absolute atomic E-state index is 7.66. The predicted octanol–water partition coefficient (Wildman–Crippen LogP) is 0.582. The van der Waals surface area contributed by atoms with Crippen molar-refractivity contribution in [2.75, 3.05) is 0 Å². The average molecular weight is 69.1 g/mol. The monoisotopic (exact) mass is 69.0 g/mol. The first-order valence-electron chi connectivity index (χ1n) is 1.10. The lowest BCUT2D eigenvalue weighted by Crippen LogP contribution is -1.42. The van der Waals surface area contributed by atoms with Crippen LogP contribution in [0.2, 0.25) is 0 Å². The first-order valence-corrected chi connectivity index (χ1v) is 1.10. The summed E-state index contributed by atoms with van der Waals surface area (Å²) in [5, 5.41) is 15.2. The van der Waals surface area contributed by atoms with Crippen LogP contribution in [0, 0.1) is 11.3 Å². The number of hydrogen-bond acceptors (Lipinski definition) is 2. The molecule has 1 N–H and O–H groups in total. The van der Waals surface area contributed by atoms with Gasteiger partial charge in [-0.25, -0.2) is 0 Å². The third kappa shape index (κ3) is 3.03. The second kappa shape index (κ2) is 3.03. The maximum Gasteiger partial charge on any atom is 0.0944 e. The Labute approximate surface area is 30.0 Å². The number of nitriles is 1. The van der Waals surface area contributed by atoms with Crippen molar-refractivity contribution < 1.29 is 5.11 Å². The van der Waals surface area contributed by atoms with Crippen LogP contribution in [0.25, 0.3) is 0 Å². The van der Waals surface area contributed by atoms with E-state index in [-0.39, 0.29) is 0 Å². The molecule has 0 unspecified atom stereocenters. The molecule has 0 heterocycles. The van der Waals surface area contributed by atoms with Crippen LogP contribution >= 0.6 is 0 Å². The Morgan fingerprint density at radius 1 is 1.80 bits per heavy atom. The van der Waals surface area contributed by atoms with Crippen LogP contribution < -0.4 is 0 Å². The van der Waals surface area contributed by atoms with Crippen molar-refractivity contribution >= 4 is 0 Å². The molecular weight excluding hydrogens is 66.0 g/mol. The summed E-state index contributed by atoms with van der Waals surface area (Å²) in [6, 6.07) is 1.59. The summed E-state index contributed by atoms with van der Waals surface area (Å²) >= 11 is 0. The zero-order chi connectivity index (χ0) is 4.12. The van der Waals surface area contributed by atoms with Gasteiger partial charge in [0.25, 0.3) is 0 Å². The van der Waals surface area contributed by atoms with Crippen LogP contribution in [-0.4, -0.2) is 5.11 Å². The highest BCUT2D eigenvalue weighted by molar-refractivity contribution is 4.96. The molecule has 0 bridgehead atoms. The molecule has 2 nitrogen and oxygen atoms in total. The fraction of sp³-hybridized carbons (Fsp3) is 0. The van der Waals surface area contributed by atoms with Gasteiger partial charge in [-0.1, -0.05) is 0 Å². The Kier molecular flexibility index (Phi) is 2.44. The summed E-state index contributed by atoms with van der Waals surface area (Å²) in [6.45, 7) is 0. The molecule has 0 fully saturated rings. The molecule has 0 amide bonds. The molecular formula is C3H3NO. The number of allylic oxidation sites excluding steroid dienone is 1. The Hall–Kier alpha value is -0.970. The summed E-state index contributed by atoms with van der Waals surface area (Å²) in [5.41, 5.74) is 0. The molecule has 0 aliphatic heterocycles. The summed E-state index contributed by atoms with van der Waals surface area (Å²) in [5.74, 6) is 0. The molecule has 0 saturated carbocycles. The third-order valence-corrected chi connectivity index (χ3v) is 0.149. The van der Waals surface area contributed by atoms with Crippen molar-refractivity contribution in [2.45, 2.75) is 0 Å². The van der Waals surface area contributed by atoms with Crippen molar-refractivity contribution in [2.24, 2.45) is 0 Å². The quantitative estimate of drug-likeness (QED) is 0.334. The van der Waals surface area contributed by atoms with Gasteiger partial charge in [-0.3, -0.25) is 0 Å². The van der Waals surface area contributed by atoms with Crippen LogP contribution in [0.3, 0.4) is 0 Å². The molecule has 26 valence electrons. The first kappa shape index (κ1) is 4.03. The van der Waals surface area contributed by atoms with Gasteiger partial charge < -0.3 is 5.11 Å². The number of hydrogen-bond donors (Lipinski definition) is 1.